The number of anilines is 1. The van der Waals surface area contributed by atoms with Gasteiger partial charge in [-0.1, -0.05) is 54.6 Å². The Balaban J connectivity index is 2.06. The highest BCUT2D eigenvalue weighted by atomic mass is 15.1. The van der Waals surface area contributed by atoms with Gasteiger partial charge >= 0.3 is 0 Å². The summed E-state index contributed by atoms with van der Waals surface area (Å²) < 4.78 is 0. The molecule has 1 aliphatic heterocycles. The first-order valence-electron chi connectivity index (χ1n) is 6.77. The van der Waals surface area contributed by atoms with Crippen molar-refractivity contribution in [2.45, 2.75) is 6.42 Å². The Morgan fingerprint density at radius 2 is 1.63 bits per heavy atom. The van der Waals surface area contributed by atoms with Gasteiger partial charge in [0.2, 0.25) is 0 Å². The van der Waals surface area contributed by atoms with Crippen LogP contribution in [0.1, 0.15) is 6.42 Å². The zero-order valence-corrected chi connectivity index (χ0v) is 10.7. The van der Waals surface area contributed by atoms with Gasteiger partial charge in [-0.2, -0.15) is 0 Å². The minimum absolute atomic E-state index is 1.09. The molecule has 1 heteroatoms. The Kier molecular flexibility index (Phi) is 2.31. The first-order chi connectivity index (χ1) is 9.43. The van der Waals surface area contributed by atoms with Crippen molar-refractivity contribution < 1.29 is 0 Å². The van der Waals surface area contributed by atoms with Gasteiger partial charge in [0.15, 0.2) is 0 Å². The summed E-state index contributed by atoms with van der Waals surface area (Å²) in [5, 5.41) is 5.33. The molecule has 0 amide bonds. The van der Waals surface area contributed by atoms with Crippen LogP contribution in [-0.4, -0.2) is 6.54 Å². The maximum atomic E-state index is 2.34. The number of fused-ring (bicyclic) bond motifs is 3. The topological polar surface area (TPSA) is 3.24 Å². The molecule has 0 spiro atoms. The minimum atomic E-state index is 1.09. The number of hydrogen-bond donors (Lipinski definition) is 0. The minimum Gasteiger partial charge on any atom is -0.347 e. The normalized spacial score (nSPS) is 14.6. The molecule has 3 aromatic carbocycles. The van der Waals surface area contributed by atoms with Gasteiger partial charge in [0.1, 0.15) is 0 Å². The van der Waals surface area contributed by atoms with Gasteiger partial charge in [-0.3, -0.25) is 0 Å². The van der Waals surface area contributed by atoms with E-state index in [2.05, 4.69) is 71.8 Å². The summed E-state index contributed by atoms with van der Waals surface area (Å²) in [4.78, 5) is 2.34. The fraction of sp³-hybridized carbons (Fsp3) is 0.111. The molecule has 0 unspecified atom stereocenters. The Morgan fingerprint density at radius 3 is 2.53 bits per heavy atom. The van der Waals surface area contributed by atoms with Gasteiger partial charge in [0.05, 0.1) is 0 Å². The summed E-state index contributed by atoms with van der Waals surface area (Å²) in [6, 6.07) is 19.7. The van der Waals surface area contributed by atoms with E-state index < -0.39 is 0 Å². The lowest BCUT2D eigenvalue weighted by Gasteiger charge is -2.18. The zero-order valence-electron chi connectivity index (χ0n) is 10.7. The van der Waals surface area contributed by atoms with Crippen molar-refractivity contribution >= 4 is 27.2 Å². The zero-order chi connectivity index (χ0) is 12.7. The molecule has 0 N–H and O–H groups in total. The highest BCUT2D eigenvalue weighted by Gasteiger charge is 2.11. The van der Waals surface area contributed by atoms with Crippen LogP contribution in [-0.2, 0) is 0 Å². The predicted octanol–water partition coefficient (Wildman–Crippen LogP) is 4.72. The average molecular weight is 245 g/mol. The van der Waals surface area contributed by atoms with Crippen molar-refractivity contribution in [3.63, 3.8) is 0 Å². The highest BCUT2D eigenvalue weighted by Crippen LogP contribution is 2.33. The molecule has 0 aromatic heterocycles. The third-order valence-electron chi connectivity index (χ3n) is 3.90. The lowest BCUT2D eigenvalue weighted by molar-refractivity contribution is 1.00. The lowest BCUT2D eigenvalue weighted by atomic mass is 10.0. The van der Waals surface area contributed by atoms with E-state index in [0.717, 1.165) is 13.0 Å². The molecule has 0 bridgehead atoms. The van der Waals surface area contributed by atoms with E-state index in [1.165, 1.54) is 27.2 Å². The van der Waals surface area contributed by atoms with Crippen molar-refractivity contribution in [1.29, 1.82) is 0 Å². The summed E-state index contributed by atoms with van der Waals surface area (Å²) >= 11 is 0. The van der Waals surface area contributed by atoms with E-state index in [-0.39, 0.29) is 0 Å². The van der Waals surface area contributed by atoms with Crippen molar-refractivity contribution in [2.75, 3.05) is 11.4 Å². The second-order valence-electron chi connectivity index (χ2n) is 5.03. The third kappa shape index (κ3) is 1.62. The molecule has 0 saturated heterocycles. The number of rotatable bonds is 1. The first-order valence-corrected chi connectivity index (χ1v) is 6.77. The SMILES string of the molecule is C1=CN(c2cccc3c2ccc2ccccc23)CC1. The van der Waals surface area contributed by atoms with Crippen LogP contribution in [0.5, 0.6) is 0 Å². The molecular weight excluding hydrogens is 230 g/mol. The van der Waals surface area contributed by atoms with Crippen LogP contribution < -0.4 is 4.90 Å². The predicted molar refractivity (Wildman–Crippen MR) is 82.6 cm³/mol. The summed E-state index contributed by atoms with van der Waals surface area (Å²) in [5.41, 5.74) is 1.32. The van der Waals surface area contributed by atoms with Crippen LogP contribution in [0.3, 0.4) is 0 Å². The van der Waals surface area contributed by atoms with Crippen molar-refractivity contribution in [2.24, 2.45) is 0 Å². The second-order valence-corrected chi connectivity index (χ2v) is 5.03. The van der Waals surface area contributed by atoms with Crippen LogP contribution >= 0.6 is 0 Å². The molecule has 0 fully saturated rings. The van der Waals surface area contributed by atoms with Gasteiger partial charge in [-0.15, -0.1) is 0 Å². The molecular formula is C18H15N. The van der Waals surface area contributed by atoms with Gasteiger partial charge in [0, 0.05) is 23.8 Å². The molecule has 1 aliphatic rings. The van der Waals surface area contributed by atoms with E-state index >= 15 is 0 Å². The van der Waals surface area contributed by atoms with Gasteiger partial charge in [0.25, 0.3) is 0 Å². The summed E-state index contributed by atoms with van der Waals surface area (Å²) in [7, 11) is 0. The molecule has 0 saturated carbocycles. The smallest absolute Gasteiger partial charge is 0.0486 e. The monoisotopic (exact) mass is 245 g/mol. The van der Waals surface area contributed by atoms with E-state index in [4.69, 9.17) is 0 Å². The van der Waals surface area contributed by atoms with Gasteiger partial charge < -0.3 is 4.90 Å². The van der Waals surface area contributed by atoms with E-state index in [1.54, 1.807) is 0 Å². The molecule has 92 valence electrons. The Labute approximate surface area is 112 Å². The number of nitrogens with zero attached hydrogens (tertiary/aromatic N) is 1. The van der Waals surface area contributed by atoms with Gasteiger partial charge in [-0.05, 0) is 28.6 Å². The van der Waals surface area contributed by atoms with Crippen molar-refractivity contribution in [3.05, 3.63) is 66.9 Å². The van der Waals surface area contributed by atoms with Crippen LogP contribution in [0.2, 0.25) is 0 Å². The fourth-order valence-corrected chi connectivity index (χ4v) is 2.96. The summed E-state index contributed by atoms with van der Waals surface area (Å²) in [5.74, 6) is 0. The average Bonchev–Trinajstić information content (AvgIpc) is 3.00. The van der Waals surface area contributed by atoms with E-state index in [1.807, 2.05) is 0 Å². The van der Waals surface area contributed by atoms with Crippen LogP contribution in [0.4, 0.5) is 5.69 Å². The summed E-state index contributed by atoms with van der Waals surface area (Å²) in [6.07, 6.45) is 5.58. The number of benzene rings is 3. The molecule has 0 radical (unpaired) electrons. The third-order valence-corrected chi connectivity index (χ3v) is 3.90. The molecule has 0 atom stereocenters. The molecule has 0 aliphatic carbocycles. The quantitative estimate of drug-likeness (QED) is 0.561. The standard InChI is InChI=1S/C18H15N/c1-2-7-15-14(6-1)10-11-17-16(15)8-5-9-18(17)19-12-3-4-13-19/h1-3,5-12H,4,13H2. The lowest BCUT2D eigenvalue weighted by Crippen LogP contribution is -2.12. The Morgan fingerprint density at radius 1 is 0.737 bits per heavy atom. The highest BCUT2D eigenvalue weighted by molar-refractivity contribution is 6.11. The number of hydrogen-bond acceptors (Lipinski definition) is 1. The van der Waals surface area contributed by atoms with Crippen LogP contribution in [0.15, 0.2) is 66.9 Å². The van der Waals surface area contributed by atoms with Crippen molar-refractivity contribution in [1.82, 2.24) is 0 Å². The van der Waals surface area contributed by atoms with Crippen LogP contribution in [0.25, 0.3) is 21.5 Å². The summed E-state index contributed by atoms with van der Waals surface area (Å²) in [6.45, 7) is 1.09. The second kappa shape index (κ2) is 4.13. The molecule has 3 aromatic rings. The Bertz CT molecular complexity index is 786. The van der Waals surface area contributed by atoms with E-state index in [9.17, 15) is 0 Å². The fourth-order valence-electron chi connectivity index (χ4n) is 2.96. The van der Waals surface area contributed by atoms with Crippen LogP contribution in [0, 0.1) is 0 Å². The largest absolute Gasteiger partial charge is 0.347 e. The van der Waals surface area contributed by atoms with Gasteiger partial charge in [-0.25, -0.2) is 0 Å². The van der Waals surface area contributed by atoms with Crippen molar-refractivity contribution in [3.8, 4) is 0 Å². The Hall–Kier alpha value is -2.28. The molecule has 4 rings (SSSR count). The molecule has 1 nitrogen and oxygen atoms in total. The maximum absolute atomic E-state index is 2.34. The molecule has 1 heterocycles. The molecule has 19 heavy (non-hydrogen) atoms. The maximum Gasteiger partial charge on any atom is 0.0486 e. The first kappa shape index (κ1) is 10.6. The van der Waals surface area contributed by atoms with E-state index in [0.29, 0.717) is 0 Å².